The number of hydrogen-bond donors (Lipinski definition) is 1. The number of halogens is 4. The van der Waals surface area contributed by atoms with Gasteiger partial charge in [-0.25, -0.2) is 0 Å². The first-order valence-electron chi connectivity index (χ1n) is 9.82. The molecule has 33 heavy (non-hydrogen) atoms. The van der Waals surface area contributed by atoms with Crippen molar-refractivity contribution in [2.45, 2.75) is 13.2 Å². The normalized spacial score (nSPS) is 10.8. The van der Waals surface area contributed by atoms with Crippen molar-refractivity contribution < 1.29 is 9.53 Å². The van der Waals surface area contributed by atoms with Gasteiger partial charge in [-0.2, -0.15) is 5.10 Å². The lowest BCUT2D eigenvalue weighted by Gasteiger charge is -2.11. The predicted molar refractivity (Wildman–Crippen MR) is 136 cm³/mol. The Morgan fingerprint density at radius 2 is 1.73 bits per heavy atom. The Morgan fingerprint density at radius 3 is 2.45 bits per heavy atom. The average molecular weight is 566 g/mol. The number of benzene rings is 3. The number of carbonyl (C=O) groups is 1. The molecule has 1 aromatic heterocycles. The van der Waals surface area contributed by atoms with E-state index in [1.54, 1.807) is 47.4 Å². The van der Waals surface area contributed by atoms with E-state index in [-0.39, 0.29) is 12.5 Å². The van der Waals surface area contributed by atoms with E-state index in [4.69, 9.17) is 39.5 Å². The molecular weight excluding hydrogens is 549 g/mol. The molecule has 4 aromatic rings. The highest BCUT2D eigenvalue weighted by Gasteiger charge is 2.12. The molecule has 0 saturated carbocycles. The Hall–Kier alpha value is -2.51. The first-order chi connectivity index (χ1) is 15.9. The molecule has 4 rings (SSSR count). The first kappa shape index (κ1) is 23.6. The molecule has 1 heterocycles. The smallest absolute Gasteiger partial charge is 0.255 e. The standard InChI is InChI=1S/C24H17BrCl3N3O2/c25-18-6-4-15(5-7-18)12-31-13-20(11-29-31)30-24(32)17-3-1-2-16(8-17)14-33-23-21(27)9-19(26)10-22(23)28/h1-11,13H,12,14H2,(H,30,32). The van der Waals surface area contributed by atoms with Crippen molar-refractivity contribution in [2.24, 2.45) is 0 Å². The summed E-state index contributed by atoms with van der Waals surface area (Å²) < 4.78 is 8.55. The quantitative estimate of drug-likeness (QED) is 0.253. The Morgan fingerprint density at radius 1 is 1.00 bits per heavy atom. The number of amides is 1. The third-order valence-electron chi connectivity index (χ3n) is 4.68. The van der Waals surface area contributed by atoms with Crippen LogP contribution in [0.15, 0.2) is 77.5 Å². The van der Waals surface area contributed by atoms with Crippen LogP contribution in [-0.2, 0) is 13.2 Å². The van der Waals surface area contributed by atoms with Gasteiger partial charge < -0.3 is 10.1 Å². The molecule has 0 aliphatic heterocycles. The van der Waals surface area contributed by atoms with E-state index in [1.807, 2.05) is 30.3 Å². The number of aromatic nitrogens is 2. The van der Waals surface area contributed by atoms with E-state index >= 15 is 0 Å². The summed E-state index contributed by atoms with van der Waals surface area (Å²) in [6.45, 7) is 0.791. The highest BCUT2D eigenvalue weighted by molar-refractivity contribution is 9.10. The maximum absolute atomic E-state index is 12.7. The SMILES string of the molecule is O=C(Nc1cnn(Cc2ccc(Br)cc2)c1)c1cccc(COc2c(Cl)cc(Cl)cc2Cl)c1. The van der Waals surface area contributed by atoms with Crippen LogP contribution in [0.5, 0.6) is 5.75 Å². The predicted octanol–water partition coefficient (Wildman–Crippen LogP) is 7.49. The zero-order valence-electron chi connectivity index (χ0n) is 17.1. The molecular formula is C24H17BrCl3N3O2. The summed E-state index contributed by atoms with van der Waals surface area (Å²) in [7, 11) is 0. The highest BCUT2D eigenvalue weighted by atomic mass is 79.9. The summed E-state index contributed by atoms with van der Waals surface area (Å²) in [6, 6.07) is 18.2. The highest BCUT2D eigenvalue weighted by Crippen LogP contribution is 2.36. The third-order valence-corrected chi connectivity index (χ3v) is 5.99. The van der Waals surface area contributed by atoms with Crippen LogP contribution in [0.4, 0.5) is 5.69 Å². The molecule has 0 aliphatic carbocycles. The average Bonchev–Trinajstić information content (AvgIpc) is 3.21. The fourth-order valence-corrected chi connectivity index (χ4v) is 4.31. The maximum atomic E-state index is 12.7. The van der Waals surface area contributed by atoms with Crippen LogP contribution in [-0.4, -0.2) is 15.7 Å². The van der Waals surface area contributed by atoms with Gasteiger partial charge in [0.15, 0.2) is 5.75 Å². The van der Waals surface area contributed by atoms with Crippen molar-refractivity contribution in [3.05, 3.63) is 109 Å². The van der Waals surface area contributed by atoms with E-state index < -0.39 is 0 Å². The van der Waals surface area contributed by atoms with Crippen LogP contribution >= 0.6 is 50.7 Å². The van der Waals surface area contributed by atoms with Crippen molar-refractivity contribution in [2.75, 3.05) is 5.32 Å². The van der Waals surface area contributed by atoms with Gasteiger partial charge in [-0.3, -0.25) is 9.48 Å². The van der Waals surface area contributed by atoms with Gasteiger partial charge in [0.1, 0.15) is 6.61 Å². The summed E-state index contributed by atoms with van der Waals surface area (Å²) in [5, 5.41) is 8.26. The van der Waals surface area contributed by atoms with Crippen LogP contribution in [0.3, 0.4) is 0 Å². The van der Waals surface area contributed by atoms with Gasteiger partial charge in [0, 0.05) is 21.3 Å². The third kappa shape index (κ3) is 6.30. The lowest BCUT2D eigenvalue weighted by Crippen LogP contribution is -2.12. The summed E-state index contributed by atoms with van der Waals surface area (Å²) in [5.41, 5.74) is 2.99. The monoisotopic (exact) mass is 563 g/mol. The van der Waals surface area contributed by atoms with Crippen LogP contribution in [0.25, 0.3) is 0 Å². The summed E-state index contributed by atoms with van der Waals surface area (Å²) in [6.07, 6.45) is 3.41. The van der Waals surface area contributed by atoms with E-state index in [1.165, 1.54) is 0 Å². The van der Waals surface area contributed by atoms with Crippen molar-refractivity contribution in [3.8, 4) is 5.75 Å². The summed E-state index contributed by atoms with van der Waals surface area (Å²) in [4.78, 5) is 12.7. The molecule has 5 nitrogen and oxygen atoms in total. The van der Waals surface area contributed by atoms with Crippen molar-refractivity contribution >= 4 is 62.3 Å². The van der Waals surface area contributed by atoms with Gasteiger partial charge in [0.05, 0.1) is 28.5 Å². The molecule has 0 spiro atoms. The minimum absolute atomic E-state index is 0.188. The zero-order valence-corrected chi connectivity index (χ0v) is 20.9. The van der Waals surface area contributed by atoms with Gasteiger partial charge in [-0.15, -0.1) is 0 Å². The fourth-order valence-electron chi connectivity index (χ4n) is 3.12. The van der Waals surface area contributed by atoms with Crippen LogP contribution in [0.1, 0.15) is 21.5 Å². The van der Waals surface area contributed by atoms with Gasteiger partial charge in [-0.1, -0.05) is 75.0 Å². The number of carbonyl (C=O) groups excluding carboxylic acids is 1. The van der Waals surface area contributed by atoms with Gasteiger partial charge in [0.25, 0.3) is 5.91 Å². The van der Waals surface area contributed by atoms with Gasteiger partial charge in [-0.05, 0) is 47.5 Å². The molecule has 0 fully saturated rings. The van der Waals surface area contributed by atoms with E-state index in [2.05, 4.69) is 26.3 Å². The van der Waals surface area contributed by atoms with Crippen LogP contribution < -0.4 is 10.1 Å². The van der Waals surface area contributed by atoms with E-state index in [0.29, 0.717) is 38.6 Å². The number of nitrogens with zero attached hydrogens (tertiary/aromatic N) is 2. The number of ether oxygens (including phenoxy) is 1. The summed E-state index contributed by atoms with van der Waals surface area (Å²) >= 11 is 21.7. The molecule has 0 bridgehead atoms. The molecule has 0 radical (unpaired) electrons. The summed E-state index contributed by atoms with van der Waals surface area (Å²) in [5.74, 6) is 0.0957. The Labute approximate surface area is 214 Å². The maximum Gasteiger partial charge on any atom is 0.255 e. The molecule has 1 amide bonds. The Balaban J connectivity index is 1.39. The number of anilines is 1. The van der Waals surface area contributed by atoms with Crippen LogP contribution in [0, 0.1) is 0 Å². The molecule has 0 saturated heterocycles. The topological polar surface area (TPSA) is 56.2 Å². The second-order valence-electron chi connectivity index (χ2n) is 7.19. The molecule has 0 aliphatic rings. The number of nitrogens with one attached hydrogen (secondary N) is 1. The van der Waals surface area contributed by atoms with Gasteiger partial charge in [0.2, 0.25) is 0 Å². The van der Waals surface area contributed by atoms with E-state index in [0.717, 1.165) is 15.6 Å². The van der Waals surface area contributed by atoms with Crippen LogP contribution in [0.2, 0.25) is 15.1 Å². The second-order valence-corrected chi connectivity index (χ2v) is 9.36. The van der Waals surface area contributed by atoms with Crippen molar-refractivity contribution in [1.82, 2.24) is 9.78 Å². The zero-order chi connectivity index (χ0) is 23.4. The number of rotatable bonds is 7. The Kier molecular flexibility index (Phi) is 7.60. The molecule has 168 valence electrons. The van der Waals surface area contributed by atoms with Crippen molar-refractivity contribution in [1.29, 1.82) is 0 Å². The van der Waals surface area contributed by atoms with E-state index in [9.17, 15) is 4.79 Å². The molecule has 3 aromatic carbocycles. The molecule has 0 atom stereocenters. The minimum atomic E-state index is -0.248. The molecule has 9 heteroatoms. The number of hydrogen-bond acceptors (Lipinski definition) is 3. The second kappa shape index (κ2) is 10.6. The lowest BCUT2D eigenvalue weighted by molar-refractivity contribution is 0.102. The Bertz CT molecular complexity index is 1270. The largest absolute Gasteiger partial charge is 0.486 e. The lowest BCUT2D eigenvalue weighted by atomic mass is 10.1. The fraction of sp³-hybridized carbons (Fsp3) is 0.0833. The first-order valence-corrected chi connectivity index (χ1v) is 11.7. The van der Waals surface area contributed by atoms with Crippen molar-refractivity contribution in [3.63, 3.8) is 0 Å². The molecule has 1 N–H and O–H groups in total. The minimum Gasteiger partial charge on any atom is -0.486 e. The molecule has 0 unspecified atom stereocenters. The van der Waals surface area contributed by atoms with Gasteiger partial charge >= 0.3 is 0 Å².